The fourth-order valence-electron chi connectivity index (χ4n) is 2.57. The lowest BCUT2D eigenvalue weighted by molar-refractivity contribution is 0.0994. The van der Waals surface area contributed by atoms with Crippen molar-refractivity contribution < 1.29 is 9.53 Å². The molecule has 1 unspecified atom stereocenters. The van der Waals surface area contributed by atoms with E-state index in [2.05, 4.69) is 15.3 Å². The predicted molar refractivity (Wildman–Crippen MR) is 101 cm³/mol. The Morgan fingerprint density at radius 3 is 2.38 bits per heavy atom. The SMILES string of the molecule is COc1ccc(C(=O)C(C)Sc2ccc(-n3nc(C)cc3C)nn2)cc1. The minimum absolute atomic E-state index is 0.0436. The van der Waals surface area contributed by atoms with Crippen LogP contribution in [0.3, 0.4) is 0 Å². The summed E-state index contributed by atoms with van der Waals surface area (Å²) in [5, 5.41) is 13.3. The zero-order chi connectivity index (χ0) is 18.7. The first kappa shape index (κ1) is 18.1. The molecule has 2 heterocycles. The molecule has 3 aromatic rings. The minimum Gasteiger partial charge on any atom is -0.497 e. The van der Waals surface area contributed by atoms with Crippen LogP contribution in [-0.2, 0) is 0 Å². The van der Waals surface area contributed by atoms with Gasteiger partial charge in [-0.05, 0) is 63.2 Å². The van der Waals surface area contributed by atoms with E-state index in [4.69, 9.17) is 4.74 Å². The second-order valence-electron chi connectivity index (χ2n) is 5.92. The smallest absolute Gasteiger partial charge is 0.175 e. The maximum Gasteiger partial charge on any atom is 0.175 e. The van der Waals surface area contributed by atoms with Gasteiger partial charge in [-0.3, -0.25) is 4.79 Å². The molecule has 0 aliphatic rings. The Hall–Kier alpha value is -2.67. The van der Waals surface area contributed by atoms with Crippen molar-refractivity contribution >= 4 is 17.5 Å². The average molecular weight is 368 g/mol. The van der Waals surface area contributed by atoms with Gasteiger partial charge in [0.2, 0.25) is 0 Å². The molecule has 0 saturated carbocycles. The third-order valence-corrected chi connectivity index (χ3v) is 4.92. The molecule has 1 aromatic carbocycles. The lowest BCUT2D eigenvalue weighted by Crippen LogP contribution is -2.14. The van der Waals surface area contributed by atoms with Crippen LogP contribution in [0.1, 0.15) is 28.7 Å². The van der Waals surface area contributed by atoms with Crippen LogP contribution in [0.5, 0.6) is 5.75 Å². The summed E-state index contributed by atoms with van der Waals surface area (Å²) in [6.07, 6.45) is 0. The fraction of sp³-hybridized carbons (Fsp3) is 0.263. The van der Waals surface area contributed by atoms with Crippen molar-refractivity contribution in [1.82, 2.24) is 20.0 Å². The molecule has 0 fully saturated rings. The number of hydrogen-bond donors (Lipinski definition) is 0. The molecule has 7 heteroatoms. The largest absolute Gasteiger partial charge is 0.497 e. The summed E-state index contributed by atoms with van der Waals surface area (Å²) >= 11 is 1.39. The third-order valence-electron chi connectivity index (χ3n) is 3.89. The van der Waals surface area contributed by atoms with Gasteiger partial charge in [-0.1, -0.05) is 11.8 Å². The first-order chi connectivity index (χ1) is 12.5. The van der Waals surface area contributed by atoms with E-state index in [0.29, 0.717) is 16.4 Å². The normalized spacial score (nSPS) is 12.0. The van der Waals surface area contributed by atoms with E-state index in [1.54, 1.807) is 36.1 Å². The summed E-state index contributed by atoms with van der Waals surface area (Å²) in [6, 6.07) is 12.8. The topological polar surface area (TPSA) is 69.9 Å². The van der Waals surface area contributed by atoms with Gasteiger partial charge in [-0.25, -0.2) is 4.68 Å². The maximum absolute atomic E-state index is 12.6. The molecule has 0 aliphatic heterocycles. The number of carbonyl (C=O) groups excluding carboxylic acids is 1. The Balaban J connectivity index is 1.69. The number of aryl methyl sites for hydroxylation is 2. The number of Topliss-reactive ketones (excluding diaryl/α,β-unsaturated/α-hetero) is 1. The lowest BCUT2D eigenvalue weighted by Gasteiger charge is -2.10. The van der Waals surface area contributed by atoms with E-state index in [0.717, 1.165) is 17.1 Å². The molecule has 1 atom stereocenters. The number of ether oxygens (including phenoxy) is 1. The molecule has 0 saturated heterocycles. The molecule has 2 aromatic heterocycles. The van der Waals surface area contributed by atoms with E-state index in [-0.39, 0.29) is 11.0 Å². The molecule has 3 rings (SSSR count). The summed E-state index contributed by atoms with van der Waals surface area (Å²) in [5.41, 5.74) is 2.58. The van der Waals surface area contributed by atoms with Crippen LogP contribution in [0.2, 0.25) is 0 Å². The van der Waals surface area contributed by atoms with Gasteiger partial charge in [0.15, 0.2) is 11.6 Å². The van der Waals surface area contributed by atoms with Crippen molar-refractivity contribution in [2.45, 2.75) is 31.0 Å². The average Bonchev–Trinajstić information content (AvgIpc) is 3.00. The van der Waals surface area contributed by atoms with E-state index < -0.39 is 0 Å². The highest BCUT2D eigenvalue weighted by molar-refractivity contribution is 8.00. The van der Waals surface area contributed by atoms with E-state index in [1.165, 1.54) is 11.8 Å². The standard InChI is InChI=1S/C19H20N4O2S/c1-12-11-13(2)23(22-12)17-9-10-18(21-20-17)26-14(3)19(24)15-5-7-16(25-4)8-6-15/h5-11,14H,1-4H3. The number of ketones is 1. The van der Waals surface area contributed by atoms with Gasteiger partial charge >= 0.3 is 0 Å². The molecule has 134 valence electrons. The number of hydrogen-bond acceptors (Lipinski definition) is 6. The minimum atomic E-state index is -0.266. The van der Waals surface area contributed by atoms with Gasteiger partial charge in [0.25, 0.3) is 0 Å². The molecule has 0 amide bonds. The third kappa shape index (κ3) is 3.94. The lowest BCUT2D eigenvalue weighted by atomic mass is 10.1. The monoisotopic (exact) mass is 368 g/mol. The number of nitrogens with zero attached hydrogens (tertiary/aromatic N) is 4. The van der Waals surface area contributed by atoms with Crippen LogP contribution in [0, 0.1) is 13.8 Å². The zero-order valence-electron chi connectivity index (χ0n) is 15.1. The molecule has 0 aliphatic carbocycles. The Labute approximate surface area is 156 Å². The maximum atomic E-state index is 12.6. The predicted octanol–water partition coefficient (Wildman–Crippen LogP) is 3.65. The number of thioether (sulfide) groups is 1. The summed E-state index contributed by atoms with van der Waals surface area (Å²) in [7, 11) is 1.60. The zero-order valence-corrected chi connectivity index (χ0v) is 15.9. The number of rotatable bonds is 6. The van der Waals surface area contributed by atoms with E-state index >= 15 is 0 Å². The highest BCUT2D eigenvalue weighted by Gasteiger charge is 2.17. The molecule has 0 radical (unpaired) electrons. The van der Waals surface area contributed by atoms with Gasteiger partial charge < -0.3 is 4.74 Å². The number of benzene rings is 1. The van der Waals surface area contributed by atoms with Gasteiger partial charge in [-0.2, -0.15) is 5.10 Å². The van der Waals surface area contributed by atoms with Gasteiger partial charge in [0.1, 0.15) is 10.8 Å². The second kappa shape index (κ2) is 7.70. The molecule has 0 N–H and O–H groups in total. The van der Waals surface area contributed by atoms with Crippen molar-refractivity contribution in [3.8, 4) is 11.6 Å². The number of aromatic nitrogens is 4. The van der Waals surface area contributed by atoms with Crippen LogP contribution in [0.15, 0.2) is 47.5 Å². The Morgan fingerprint density at radius 1 is 1.12 bits per heavy atom. The Bertz CT molecular complexity index is 904. The quantitative estimate of drug-likeness (QED) is 0.489. The van der Waals surface area contributed by atoms with Crippen molar-refractivity contribution in [2.75, 3.05) is 7.11 Å². The number of methoxy groups -OCH3 is 1. The van der Waals surface area contributed by atoms with Crippen LogP contribution in [0.25, 0.3) is 5.82 Å². The highest BCUT2D eigenvalue weighted by atomic mass is 32.2. The first-order valence-corrected chi connectivity index (χ1v) is 9.08. The van der Waals surface area contributed by atoms with Gasteiger partial charge in [-0.15, -0.1) is 10.2 Å². The summed E-state index contributed by atoms with van der Waals surface area (Å²) in [4.78, 5) is 12.6. The first-order valence-electron chi connectivity index (χ1n) is 8.20. The summed E-state index contributed by atoms with van der Waals surface area (Å²) in [6.45, 7) is 5.78. The van der Waals surface area contributed by atoms with Crippen LogP contribution in [0.4, 0.5) is 0 Å². The van der Waals surface area contributed by atoms with Crippen molar-refractivity contribution in [1.29, 1.82) is 0 Å². The van der Waals surface area contributed by atoms with Gasteiger partial charge in [0.05, 0.1) is 18.1 Å². The van der Waals surface area contributed by atoms with Crippen molar-refractivity contribution in [2.24, 2.45) is 0 Å². The fourth-order valence-corrected chi connectivity index (χ4v) is 3.41. The summed E-state index contributed by atoms with van der Waals surface area (Å²) < 4.78 is 6.87. The molecule has 26 heavy (non-hydrogen) atoms. The second-order valence-corrected chi connectivity index (χ2v) is 7.28. The Morgan fingerprint density at radius 2 is 1.85 bits per heavy atom. The molecular formula is C19H20N4O2S. The van der Waals surface area contributed by atoms with Crippen LogP contribution < -0.4 is 4.74 Å². The molecule has 0 spiro atoms. The highest BCUT2D eigenvalue weighted by Crippen LogP contribution is 2.25. The molecule has 0 bridgehead atoms. The van der Waals surface area contributed by atoms with Gasteiger partial charge in [0, 0.05) is 11.3 Å². The van der Waals surface area contributed by atoms with Crippen LogP contribution >= 0.6 is 11.8 Å². The number of carbonyl (C=O) groups is 1. The molecule has 6 nitrogen and oxygen atoms in total. The molecular weight excluding hydrogens is 348 g/mol. The van der Waals surface area contributed by atoms with Crippen molar-refractivity contribution in [3.63, 3.8) is 0 Å². The van der Waals surface area contributed by atoms with E-state index in [1.807, 2.05) is 39.0 Å². The van der Waals surface area contributed by atoms with E-state index in [9.17, 15) is 4.79 Å². The Kier molecular flexibility index (Phi) is 5.37. The summed E-state index contributed by atoms with van der Waals surface area (Å²) in [5.74, 6) is 1.43. The van der Waals surface area contributed by atoms with Crippen molar-refractivity contribution in [3.05, 3.63) is 59.4 Å². The van der Waals surface area contributed by atoms with Crippen LogP contribution in [-0.4, -0.2) is 38.1 Å².